The van der Waals surface area contributed by atoms with Crippen LogP contribution in [0.2, 0.25) is 0 Å². The Hall–Kier alpha value is -1.54. The summed E-state index contributed by atoms with van der Waals surface area (Å²) in [6.45, 7) is 2.12. The molecule has 0 bridgehead atoms. The van der Waals surface area contributed by atoms with Crippen molar-refractivity contribution < 1.29 is 27.1 Å². The van der Waals surface area contributed by atoms with E-state index in [1.165, 1.54) is 0 Å². The Bertz CT molecular complexity index is 617. The average Bonchev–Trinajstić information content (AvgIpc) is 2.37. The van der Waals surface area contributed by atoms with Crippen molar-refractivity contribution in [2.45, 2.75) is 37.5 Å². The SMILES string of the molecule is CCCCCCNS(=O)(=O)c1ccc(F)c(C(=O)O)c1F. The number of nitrogens with one attached hydrogen (secondary N) is 1. The standard InChI is InChI=1S/C13H17F2NO4S/c1-2-3-4-5-8-16-21(19,20)10-7-6-9(14)11(12(10)15)13(17)18/h6-7,16H,2-5,8H2,1H3,(H,17,18). The molecule has 0 saturated heterocycles. The molecule has 0 fully saturated rings. The summed E-state index contributed by atoms with van der Waals surface area (Å²) in [5, 5.41) is 8.71. The van der Waals surface area contributed by atoms with Gasteiger partial charge in [0.1, 0.15) is 16.3 Å². The smallest absolute Gasteiger partial charge is 0.341 e. The molecule has 0 saturated carbocycles. The van der Waals surface area contributed by atoms with Crippen molar-refractivity contribution in [3.05, 3.63) is 29.3 Å². The molecule has 1 rings (SSSR count). The topological polar surface area (TPSA) is 83.5 Å². The maximum Gasteiger partial charge on any atom is 0.341 e. The second-order valence-electron chi connectivity index (χ2n) is 4.50. The average molecular weight is 321 g/mol. The van der Waals surface area contributed by atoms with Gasteiger partial charge in [0.2, 0.25) is 10.0 Å². The lowest BCUT2D eigenvalue weighted by Gasteiger charge is -2.09. The van der Waals surface area contributed by atoms with Crippen molar-refractivity contribution in [3.8, 4) is 0 Å². The van der Waals surface area contributed by atoms with Gasteiger partial charge in [-0.3, -0.25) is 0 Å². The quantitative estimate of drug-likeness (QED) is 0.721. The van der Waals surface area contributed by atoms with Crippen LogP contribution in [0.4, 0.5) is 8.78 Å². The second kappa shape index (κ2) is 7.46. The molecular weight excluding hydrogens is 304 g/mol. The fourth-order valence-electron chi connectivity index (χ4n) is 1.77. The Morgan fingerprint density at radius 1 is 1.24 bits per heavy atom. The van der Waals surface area contributed by atoms with Crippen molar-refractivity contribution >= 4 is 16.0 Å². The molecule has 0 amide bonds. The van der Waals surface area contributed by atoms with E-state index >= 15 is 0 Å². The predicted octanol–water partition coefficient (Wildman–Crippen LogP) is 2.52. The number of benzene rings is 1. The molecule has 0 aliphatic carbocycles. The summed E-state index contributed by atoms with van der Waals surface area (Å²) in [7, 11) is -4.21. The summed E-state index contributed by atoms with van der Waals surface area (Å²) < 4.78 is 53.1. The summed E-state index contributed by atoms with van der Waals surface area (Å²) in [4.78, 5) is 9.89. The van der Waals surface area contributed by atoms with Gasteiger partial charge >= 0.3 is 5.97 Å². The van der Waals surface area contributed by atoms with Gasteiger partial charge in [0.15, 0.2) is 5.82 Å². The van der Waals surface area contributed by atoms with Crippen molar-refractivity contribution in [1.29, 1.82) is 0 Å². The summed E-state index contributed by atoms with van der Waals surface area (Å²) in [5.74, 6) is -4.77. The third-order valence-electron chi connectivity index (χ3n) is 2.88. The molecule has 118 valence electrons. The van der Waals surface area contributed by atoms with Crippen molar-refractivity contribution in [2.75, 3.05) is 6.54 Å². The molecule has 0 radical (unpaired) electrons. The highest BCUT2D eigenvalue weighted by Crippen LogP contribution is 2.21. The van der Waals surface area contributed by atoms with E-state index < -0.39 is 38.1 Å². The number of hydrogen-bond acceptors (Lipinski definition) is 3. The van der Waals surface area contributed by atoms with E-state index in [4.69, 9.17) is 5.11 Å². The van der Waals surface area contributed by atoms with E-state index in [1.807, 2.05) is 6.92 Å². The lowest BCUT2D eigenvalue weighted by molar-refractivity contribution is 0.0685. The number of aromatic carboxylic acids is 1. The van der Waals surface area contributed by atoms with Gasteiger partial charge in [0.25, 0.3) is 0 Å². The second-order valence-corrected chi connectivity index (χ2v) is 6.23. The zero-order valence-corrected chi connectivity index (χ0v) is 12.3. The normalized spacial score (nSPS) is 11.6. The van der Waals surface area contributed by atoms with E-state index in [1.54, 1.807) is 0 Å². The highest BCUT2D eigenvalue weighted by molar-refractivity contribution is 7.89. The lowest BCUT2D eigenvalue weighted by Crippen LogP contribution is -2.26. The van der Waals surface area contributed by atoms with Crippen LogP contribution in [0.1, 0.15) is 43.0 Å². The Balaban J connectivity index is 2.94. The lowest BCUT2D eigenvalue weighted by atomic mass is 10.2. The van der Waals surface area contributed by atoms with Gasteiger partial charge in [-0.15, -0.1) is 0 Å². The maximum absolute atomic E-state index is 13.9. The van der Waals surface area contributed by atoms with Crippen molar-refractivity contribution in [1.82, 2.24) is 4.72 Å². The van der Waals surface area contributed by atoms with Crippen molar-refractivity contribution in [2.24, 2.45) is 0 Å². The predicted molar refractivity (Wildman–Crippen MR) is 72.6 cm³/mol. The van der Waals surface area contributed by atoms with Crippen LogP contribution in [0.3, 0.4) is 0 Å². The minimum Gasteiger partial charge on any atom is -0.477 e. The first-order valence-electron chi connectivity index (χ1n) is 6.52. The Morgan fingerprint density at radius 3 is 2.48 bits per heavy atom. The molecule has 0 unspecified atom stereocenters. The number of carbonyl (C=O) groups is 1. The number of rotatable bonds is 8. The molecule has 0 atom stereocenters. The monoisotopic (exact) mass is 321 g/mol. The van der Waals surface area contributed by atoms with E-state index in [0.29, 0.717) is 18.6 Å². The van der Waals surface area contributed by atoms with Gasteiger partial charge in [0, 0.05) is 6.54 Å². The first-order chi connectivity index (χ1) is 9.81. The summed E-state index contributed by atoms with van der Waals surface area (Å²) in [6.07, 6.45) is 3.35. The number of sulfonamides is 1. The van der Waals surface area contributed by atoms with Crippen LogP contribution in [0.5, 0.6) is 0 Å². The van der Waals surface area contributed by atoms with E-state index in [2.05, 4.69) is 4.72 Å². The number of carboxylic acid groups (broad SMARTS) is 1. The molecule has 5 nitrogen and oxygen atoms in total. The first kappa shape index (κ1) is 17.5. The van der Waals surface area contributed by atoms with Crippen LogP contribution in [0.25, 0.3) is 0 Å². The van der Waals surface area contributed by atoms with Crippen LogP contribution in [-0.2, 0) is 10.0 Å². The molecule has 21 heavy (non-hydrogen) atoms. The van der Waals surface area contributed by atoms with E-state index in [-0.39, 0.29) is 6.54 Å². The minimum absolute atomic E-state index is 0.113. The molecular formula is C13H17F2NO4S. The maximum atomic E-state index is 13.9. The third kappa shape index (κ3) is 4.47. The molecule has 0 aromatic heterocycles. The van der Waals surface area contributed by atoms with Crippen LogP contribution >= 0.6 is 0 Å². The fraction of sp³-hybridized carbons (Fsp3) is 0.462. The van der Waals surface area contributed by atoms with Crippen molar-refractivity contribution in [3.63, 3.8) is 0 Å². The summed E-state index contributed by atoms with van der Waals surface area (Å²) in [5.41, 5.74) is -1.27. The zero-order valence-electron chi connectivity index (χ0n) is 11.5. The van der Waals surface area contributed by atoms with E-state index in [9.17, 15) is 22.0 Å². The number of hydrogen-bond donors (Lipinski definition) is 2. The summed E-state index contributed by atoms with van der Waals surface area (Å²) >= 11 is 0. The summed E-state index contributed by atoms with van der Waals surface area (Å²) in [6, 6.07) is 1.34. The van der Waals surface area contributed by atoms with Crippen LogP contribution in [0.15, 0.2) is 17.0 Å². The molecule has 0 spiro atoms. The highest BCUT2D eigenvalue weighted by Gasteiger charge is 2.26. The van der Waals surface area contributed by atoms with Gasteiger partial charge in [-0.1, -0.05) is 26.2 Å². The van der Waals surface area contributed by atoms with Crippen LogP contribution < -0.4 is 4.72 Å². The Kier molecular flexibility index (Phi) is 6.22. The van der Waals surface area contributed by atoms with Crippen LogP contribution in [0, 0.1) is 11.6 Å². The largest absolute Gasteiger partial charge is 0.477 e. The number of carboxylic acids is 1. The number of unbranched alkanes of at least 4 members (excludes halogenated alkanes) is 3. The first-order valence-corrected chi connectivity index (χ1v) is 8.00. The molecule has 0 aliphatic rings. The van der Waals surface area contributed by atoms with Gasteiger partial charge in [-0.2, -0.15) is 0 Å². The molecule has 8 heteroatoms. The fourth-order valence-corrected chi connectivity index (χ4v) is 2.93. The molecule has 1 aromatic rings. The molecule has 0 aliphatic heterocycles. The van der Waals surface area contributed by atoms with Crippen LogP contribution in [-0.4, -0.2) is 26.0 Å². The molecule has 0 heterocycles. The molecule has 2 N–H and O–H groups in total. The highest BCUT2D eigenvalue weighted by atomic mass is 32.2. The van der Waals surface area contributed by atoms with E-state index in [0.717, 1.165) is 19.3 Å². The van der Waals surface area contributed by atoms with Gasteiger partial charge in [-0.25, -0.2) is 26.7 Å². The molecule has 1 aromatic carbocycles. The van der Waals surface area contributed by atoms with Gasteiger partial charge in [-0.05, 0) is 18.6 Å². The number of halogens is 2. The Morgan fingerprint density at radius 2 is 1.90 bits per heavy atom. The Labute approximate surface area is 122 Å². The minimum atomic E-state index is -4.21. The zero-order chi connectivity index (χ0) is 16.0. The van der Waals surface area contributed by atoms with Gasteiger partial charge in [0.05, 0.1) is 0 Å². The van der Waals surface area contributed by atoms with Gasteiger partial charge < -0.3 is 5.11 Å². The third-order valence-corrected chi connectivity index (χ3v) is 4.36.